The number of rotatable bonds is 10. The number of likely N-dealkylation sites (tertiary alicyclic amines) is 2. The number of nitrogens with zero attached hydrogens (tertiary/aromatic N) is 4. The van der Waals surface area contributed by atoms with Crippen LogP contribution in [0, 0.1) is 11.8 Å². The first-order valence-electron chi connectivity index (χ1n) is 21.4. The predicted molar refractivity (Wildman–Crippen MR) is 230 cm³/mol. The second-order valence-electron chi connectivity index (χ2n) is 17.2. The molecule has 3 aliphatic heterocycles. The van der Waals surface area contributed by atoms with Gasteiger partial charge in [0.05, 0.1) is 49.2 Å². The van der Waals surface area contributed by atoms with Crippen molar-refractivity contribution in [1.29, 1.82) is 0 Å². The van der Waals surface area contributed by atoms with Gasteiger partial charge in [-0.05, 0) is 97.7 Å². The van der Waals surface area contributed by atoms with Gasteiger partial charge in [0.1, 0.15) is 36.1 Å². The van der Waals surface area contributed by atoms with Crippen LogP contribution in [-0.4, -0.2) is 92.1 Å². The van der Waals surface area contributed by atoms with E-state index in [-0.39, 0.29) is 47.8 Å². The highest BCUT2D eigenvalue weighted by Crippen LogP contribution is 2.44. The Balaban J connectivity index is 1.04. The van der Waals surface area contributed by atoms with Gasteiger partial charge in [-0.25, -0.2) is 19.6 Å². The zero-order chi connectivity index (χ0) is 43.3. The van der Waals surface area contributed by atoms with Gasteiger partial charge in [-0.3, -0.25) is 9.59 Å². The Kier molecular flexibility index (Phi) is 11.4. The molecule has 0 saturated carbocycles. The summed E-state index contributed by atoms with van der Waals surface area (Å²) in [4.78, 5) is 73.0. The van der Waals surface area contributed by atoms with E-state index in [4.69, 9.17) is 24.2 Å². The minimum absolute atomic E-state index is 0.0153. The summed E-state index contributed by atoms with van der Waals surface area (Å²) in [6.07, 6.45) is 4.43. The first kappa shape index (κ1) is 41.6. The maximum Gasteiger partial charge on any atom is 0.407 e. The fourth-order valence-corrected chi connectivity index (χ4v) is 9.43. The SMILES string of the molecule is CC[C@H](C)C(NC(=O)OC)C(=O)N1[C@@H](C)CC[C@H]1c1ncc(-c2ccc3c(c2)COc2cc4c(ccc5nc([C@@H]6CC[C@H](C)N6C(=O)[C@@H](NC(=O)OC)C(C)C)[nH]c54)cc2-3)[nH]1. The molecule has 0 bridgehead atoms. The van der Waals surface area contributed by atoms with Crippen molar-refractivity contribution in [3.05, 3.63) is 65.9 Å². The van der Waals surface area contributed by atoms with Crippen molar-refractivity contribution in [2.45, 2.75) is 117 Å². The summed E-state index contributed by atoms with van der Waals surface area (Å²) >= 11 is 0. The lowest BCUT2D eigenvalue weighted by Gasteiger charge is -2.33. The van der Waals surface area contributed by atoms with Gasteiger partial charge in [0.15, 0.2) is 0 Å². The van der Waals surface area contributed by atoms with E-state index in [1.54, 1.807) is 0 Å². The molecule has 3 aromatic carbocycles. The molecule has 3 aliphatic rings. The van der Waals surface area contributed by atoms with Gasteiger partial charge < -0.3 is 44.6 Å². The molecule has 7 atom stereocenters. The zero-order valence-electron chi connectivity index (χ0n) is 36.1. The molecule has 8 rings (SSSR count). The number of benzene rings is 3. The van der Waals surface area contributed by atoms with Crippen molar-refractivity contribution in [2.75, 3.05) is 14.2 Å². The number of aromatic nitrogens is 4. The van der Waals surface area contributed by atoms with Gasteiger partial charge in [-0.2, -0.15) is 0 Å². The van der Waals surface area contributed by atoms with Crippen molar-refractivity contribution in [2.24, 2.45) is 11.8 Å². The molecular formula is C46H56N8O7. The van der Waals surface area contributed by atoms with Crippen LogP contribution in [0.15, 0.2) is 48.7 Å². The standard InChI is InChI=1S/C46H56N8O7/c1-9-24(4)39(52-46(58)60-8)44(56)53-25(5)10-16-35(53)41-47-21-34(49-41)28-12-14-30-29(18-28)22-61-37-20-31-27(19-32(30)37)13-15-33-40(31)50-42(48-33)36-17-11-26(6)54(36)43(55)38(23(2)3)51-45(57)59-7/h12-15,18-21,23-26,35-36,38-39H,9-11,16-17,22H2,1-8H3,(H,47,49)(H,48,50)(H,51,57)(H,52,58)/t24-,25-,26-,35-,36-,38-,39?/m0/s1. The number of nitrogens with one attached hydrogen (secondary N) is 4. The van der Waals surface area contributed by atoms with E-state index < -0.39 is 24.3 Å². The second kappa shape index (κ2) is 16.7. The molecule has 2 aromatic heterocycles. The van der Waals surface area contributed by atoms with Crippen molar-refractivity contribution in [3.63, 3.8) is 0 Å². The number of fused-ring (bicyclic) bond motifs is 6. The highest BCUT2D eigenvalue weighted by molar-refractivity contribution is 6.07. The van der Waals surface area contributed by atoms with Crippen LogP contribution < -0.4 is 15.4 Å². The van der Waals surface area contributed by atoms with Crippen LogP contribution in [0.3, 0.4) is 0 Å². The van der Waals surface area contributed by atoms with Gasteiger partial charge in [0.25, 0.3) is 0 Å². The summed E-state index contributed by atoms with van der Waals surface area (Å²) in [6.45, 7) is 12.2. The van der Waals surface area contributed by atoms with E-state index in [0.717, 1.165) is 87.6 Å². The van der Waals surface area contributed by atoms with Crippen molar-refractivity contribution in [1.82, 2.24) is 40.4 Å². The third kappa shape index (κ3) is 7.63. The van der Waals surface area contributed by atoms with E-state index in [1.165, 1.54) is 14.2 Å². The van der Waals surface area contributed by atoms with Crippen LogP contribution in [-0.2, 0) is 25.7 Å². The Bertz CT molecular complexity index is 2490. The van der Waals surface area contributed by atoms with Crippen LogP contribution in [0.5, 0.6) is 5.75 Å². The Hall–Kier alpha value is -6.12. The number of carbonyl (C=O) groups excluding carboxylic acids is 4. The topological polar surface area (TPSA) is 184 Å². The number of amides is 4. The Morgan fingerprint density at radius 1 is 0.820 bits per heavy atom. The molecule has 1 unspecified atom stereocenters. The molecule has 15 heteroatoms. The molecule has 2 saturated heterocycles. The van der Waals surface area contributed by atoms with Gasteiger partial charge in [0.2, 0.25) is 11.8 Å². The van der Waals surface area contributed by atoms with Crippen molar-refractivity contribution in [3.8, 4) is 28.1 Å². The summed E-state index contributed by atoms with van der Waals surface area (Å²) in [7, 11) is 2.60. The predicted octanol–water partition coefficient (Wildman–Crippen LogP) is 7.92. The van der Waals surface area contributed by atoms with Crippen LogP contribution in [0.4, 0.5) is 9.59 Å². The fraction of sp³-hybridized carbons (Fsp3) is 0.478. The molecule has 2 fully saturated rings. The van der Waals surface area contributed by atoms with E-state index in [9.17, 15) is 19.2 Å². The third-order valence-corrected chi connectivity index (χ3v) is 13.1. The van der Waals surface area contributed by atoms with Crippen LogP contribution in [0.2, 0.25) is 0 Å². The van der Waals surface area contributed by atoms with Crippen molar-refractivity contribution >= 4 is 45.8 Å². The van der Waals surface area contributed by atoms with Crippen LogP contribution >= 0.6 is 0 Å². The van der Waals surface area contributed by atoms with Gasteiger partial charge in [0, 0.05) is 23.0 Å². The highest BCUT2D eigenvalue weighted by atomic mass is 16.5. The van der Waals surface area contributed by atoms with Crippen molar-refractivity contribution < 1.29 is 33.4 Å². The molecule has 0 aliphatic carbocycles. The lowest BCUT2D eigenvalue weighted by Crippen LogP contribution is -2.53. The molecule has 0 radical (unpaired) electrons. The summed E-state index contributed by atoms with van der Waals surface area (Å²) < 4.78 is 16.1. The van der Waals surface area contributed by atoms with E-state index >= 15 is 0 Å². The number of aromatic amines is 2. The van der Waals surface area contributed by atoms with Gasteiger partial charge >= 0.3 is 12.2 Å². The molecule has 5 heterocycles. The molecule has 15 nitrogen and oxygen atoms in total. The number of H-pyrrole nitrogens is 2. The molecule has 5 aromatic rings. The van der Waals surface area contributed by atoms with Gasteiger partial charge in [-0.1, -0.05) is 52.3 Å². The van der Waals surface area contributed by atoms with E-state index in [0.29, 0.717) is 18.3 Å². The van der Waals surface area contributed by atoms with Crippen LogP contribution in [0.1, 0.15) is 103 Å². The smallest absolute Gasteiger partial charge is 0.407 e. The molecule has 61 heavy (non-hydrogen) atoms. The highest BCUT2D eigenvalue weighted by Gasteiger charge is 2.43. The van der Waals surface area contributed by atoms with E-state index in [1.807, 2.05) is 63.6 Å². The fourth-order valence-electron chi connectivity index (χ4n) is 9.43. The Morgan fingerprint density at radius 3 is 2.13 bits per heavy atom. The Labute approximate surface area is 355 Å². The number of imidazole rings is 2. The molecule has 322 valence electrons. The average Bonchev–Trinajstić information content (AvgIpc) is 4.08. The minimum Gasteiger partial charge on any atom is -0.488 e. The maximum atomic E-state index is 14.0. The number of carbonyl (C=O) groups is 4. The Morgan fingerprint density at radius 2 is 1.48 bits per heavy atom. The average molecular weight is 833 g/mol. The maximum absolute atomic E-state index is 14.0. The lowest BCUT2D eigenvalue weighted by atomic mass is 9.92. The van der Waals surface area contributed by atoms with Gasteiger partial charge in [-0.15, -0.1) is 0 Å². The summed E-state index contributed by atoms with van der Waals surface area (Å²) in [5.74, 6) is 1.71. The molecule has 0 spiro atoms. The number of ether oxygens (including phenoxy) is 3. The number of methoxy groups -OCH3 is 2. The summed E-state index contributed by atoms with van der Waals surface area (Å²) in [6, 6.07) is 12.7. The minimum atomic E-state index is -0.726. The lowest BCUT2D eigenvalue weighted by molar-refractivity contribution is -0.138. The summed E-state index contributed by atoms with van der Waals surface area (Å²) in [5, 5.41) is 7.51. The first-order valence-corrected chi connectivity index (χ1v) is 21.4. The molecule has 4 N–H and O–H groups in total. The zero-order valence-corrected chi connectivity index (χ0v) is 36.1. The largest absolute Gasteiger partial charge is 0.488 e. The molecular weight excluding hydrogens is 777 g/mol. The van der Waals surface area contributed by atoms with E-state index in [2.05, 4.69) is 57.0 Å². The third-order valence-electron chi connectivity index (χ3n) is 13.1. The van der Waals surface area contributed by atoms with Crippen LogP contribution in [0.25, 0.3) is 44.2 Å². The monoisotopic (exact) mass is 832 g/mol. The quantitative estimate of drug-likeness (QED) is 0.109. The number of alkyl carbamates (subject to hydrolysis) is 2. The first-order chi connectivity index (χ1) is 29.3. The number of hydrogen-bond donors (Lipinski definition) is 4. The summed E-state index contributed by atoms with van der Waals surface area (Å²) in [5.41, 5.74) is 6.60. The number of hydrogen-bond acceptors (Lipinski definition) is 9. The molecule has 4 amide bonds. The normalized spacial score (nSPS) is 21.1. The second-order valence-corrected chi connectivity index (χ2v) is 17.2.